The molecule has 8 heteroatoms. The van der Waals surface area contributed by atoms with Gasteiger partial charge in [0.05, 0.1) is 21.5 Å². The van der Waals surface area contributed by atoms with Gasteiger partial charge in [-0.25, -0.2) is 9.97 Å². The standard InChI is InChI=1S/C25H22BrN3O2S2/c26-19-5-3-4-18(14-19)21-16-33-24(28-21)17-9-12-29(13-10-17)25(30)22-8-7-20(31-22)15-32-23-6-1-2-11-27-23/h1-8,11,14,16-17H,9-10,12-13,15H2. The Bertz CT molecular complexity index is 1230. The van der Waals surface area contributed by atoms with E-state index in [0.717, 1.165) is 44.4 Å². The van der Waals surface area contributed by atoms with Gasteiger partial charge >= 0.3 is 0 Å². The first kappa shape index (κ1) is 22.4. The van der Waals surface area contributed by atoms with Crippen molar-refractivity contribution >= 4 is 44.9 Å². The SMILES string of the molecule is O=C(c1ccc(CSc2ccccn2)o1)N1CCC(c2nc(-c3cccc(Br)c3)cs2)CC1. The summed E-state index contributed by atoms with van der Waals surface area (Å²) in [5, 5.41) is 4.22. The van der Waals surface area contributed by atoms with Crippen LogP contribution in [0.1, 0.15) is 40.1 Å². The number of aromatic nitrogens is 2. The van der Waals surface area contributed by atoms with E-state index in [-0.39, 0.29) is 5.91 Å². The van der Waals surface area contributed by atoms with Crippen LogP contribution >= 0.6 is 39.0 Å². The minimum Gasteiger partial charge on any atom is -0.455 e. The maximum absolute atomic E-state index is 12.9. The number of carbonyl (C=O) groups excluding carboxylic acids is 1. The van der Waals surface area contributed by atoms with Crippen LogP contribution in [0, 0.1) is 0 Å². The van der Waals surface area contributed by atoms with Crippen molar-refractivity contribution in [3.8, 4) is 11.3 Å². The van der Waals surface area contributed by atoms with Gasteiger partial charge in [-0.1, -0.05) is 45.9 Å². The van der Waals surface area contributed by atoms with Crippen molar-refractivity contribution in [1.82, 2.24) is 14.9 Å². The molecule has 4 aromatic rings. The van der Waals surface area contributed by atoms with Gasteiger partial charge in [-0.3, -0.25) is 4.79 Å². The number of likely N-dealkylation sites (tertiary alicyclic amines) is 1. The van der Waals surface area contributed by atoms with Crippen molar-refractivity contribution in [3.05, 3.63) is 87.2 Å². The smallest absolute Gasteiger partial charge is 0.289 e. The Hall–Kier alpha value is -2.42. The molecule has 1 aliphatic rings. The average molecular weight is 541 g/mol. The average Bonchev–Trinajstić information content (AvgIpc) is 3.54. The van der Waals surface area contributed by atoms with Gasteiger partial charge in [-0.2, -0.15) is 0 Å². The molecule has 5 nitrogen and oxygen atoms in total. The van der Waals surface area contributed by atoms with E-state index >= 15 is 0 Å². The van der Waals surface area contributed by atoms with E-state index < -0.39 is 0 Å². The number of nitrogens with zero attached hydrogens (tertiary/aromatic N) is 3. The van der Waals surface area contributed by atoms with Gasteiger partial charge in [-0.15, -0.1) is 11.3 Å². The molecule has 0 bridgehead atoms. The molecule has 1 amide bonds. The molecular weight excluding hydrogens is 518 g/mol. The first-order valence-corrected chi connectivity index (χ1v) is 13.4. The van der Waals surface area contributed by atoms with Crippen LogP contribution in [0.25, 0.3) is 11.3 Å². The van der Waals surface area contributed by atoms with Crippen LogP contribution in [0.2, 0.25) is 0 Å². The predicted molar refractivity (Wildman–Crippen MR) is 136 cm³/mol. The Kier molecular flexibility index (Phi) is 6.94. The number of pyridine rings is 1. The lowest BCUT2D eigenvalue weighted by Crippen LogP contribution is -2.37. The van der Waals surface area contributed by atoms with E-state index in [1.165, 1.54) is 0 Å². The number of furan rings is 1. The number of thioether (sulfide) groups is 1. The number of hydrogen-bond donors (Lipinski definition) is 0. The van der Waals surface area contributed by atoms with Gasteiger partial charge in [0.2, 0.25) is 0 Å². The van der Waals surface area contributed by atoms with E-state index in [1.807, 2.05) is 41.3 Å². The number of hydrogen-bond acceptors (Lipinski definition) is 6. The molecule has 33 heavy (non-hydrogen) atoms. The number of halogens is 1. The zero-order chi connectivity index (χ0) is 22.6. The van der Waals surface area contributed by atoms with E-state index in [4.69, 9.17) is 9.40 Å². The number of carbonyl (C=O) groups is 1. The molecule has 0 unspecified atom stereocenters. The summed E-state index contributed by atoms with van der Waals surface area (Å²) in [7, 11) is 0. The summed E-state index contributed by atoms with van der Waals surface area (Å²) in [6.07, 6.45) is 3.61. The van der Waals surface area contributed by atoms with Crippen LogP contribution < -0.4 is 0 Å². The van der Waals surface area contributed by atoms with Crippen LogP contribution in [0.4, 0.5) is 0 Å². The van der Waals surface area contributed by atoms with Crippen molar-refractivity contribution in [2.24, 2.45) is 0 Å². The Balaban J connectivity index is 1.16. The highest BCUT2D eigenvalue weighted by molar-refractivity contribution is 9.10. The summed E-state index contributed by atoms with van der Waals surface area (Å²) in [4.78, 5) is 24.0. The fourth-order valence-corrected chi connectivity index (χ4v) is 6.04. The molecule has 1 fully saturated rings. The first-order chi connectivity index (χ1) is 16.2. The van der Waals surface area contributed by atoms with Gasteiger partial charge in [0.25, 0.3) is 5.91 Å². The number of benzene rings is 1. The first-order valence-electron chi connectivity index (χ1n) is 10.8. The van der Waals surface area contributed by atoms with Crippen molar-refractivity contribution in [1.29, 1.82) is 0 Å². The highest BCUT2D eigenvalue weighted by Gasteiger charge is 2.28. The summed E-state index contributed by atoms with van der Waals surface area (Å²) in [6.45, 7) is 1.43. The zero-order valence-corrected chi connectivity index (χ0v) is 21.0. The summed E-state index contributed by atoms with van der Waals surface area (Å²) in [5.74, 6) is 2.21. The zero-order valence-electron chi connectivity index (χ0n) is 17.8. The second-order valence-electron chi connectivity index (χ2n) is 7.87. The third kappa shape index (κ3) is 5.39. The number of rotatable bonds is 6. The second kappa shape index (κ2) is 10.2. The number of piperidine rings is 1. The third-order valence-corrected chi connectivity index (χ3v) is 8.11. The highest BCUT2D eigenvalue weighted by atomic mass is 79.9. The van der Waals surface area contributed by atoms with Crippen molar-refractivity contribution in [3.63, 3.8) is 0 Å². The lowest BCUT2D eigenvalue weighted by molar-refractivity contribution is 0.0679. The third-order valence-electron chi connectivity index (χ3n) is 5.65. The van der Waals surface area contributed by atoms with Crippen LogP contribution in [-0.4, -0.2) is 33.9 Å². The molecule has 0 radical (unpaired) electrons. The molecule has 1 aliphatic heterocycles. The molecule has 1 saturated heterocycles. The molecule has 0 atom stereocenters. The summed E-state index contributed by atoms with van der Waals surface area (Å²) in [5.41, 5.74) is 2.14. The molecule has 3 aromatic heterocycles. The number of amides is 1. The van der Waals surface area contributed by atoms with Gasteiger partial charge in [0.1, 0.15) is 5.76 Å². The van der Waals surface area contributed by atoms with E-state index in [9.17, 15) is 4.79 Å². The number of thiazole rings is 1. The topological polar surface area (TPSA) is 59.2 Å². The van der Waals surface area contributed by atoms with Gasteiger partial charge in [0, 0.05) is 40.6 Å². The Morgan fingerprint density at radius 3 is 2.82 bits per heavy atom. The fraction of sp³-hybridized carbons (Fsp3) is 0.240. The summed E-state index contributed by atoms with van der Waals surface area (Å²) >= 11 is 6.84. The highest BCUT2D eigenvalue weighted by Crippen LogP contribution is 2.34. The van der Waals surface area contributed by atoms with Crippen LogP contribution in [0.15, 0.2) is 80.1 Å². The predicted octanol–water partition coefficient (Wildman–Crippen LogP) is 6.87. The monoisotopic (exact) mass is 539 g/mol. The van der Waals surface area contributed by atoms with Crippen LogP contribution in [0.3, 0.4) is 0 Å². The Morgan fingerprint density at radius 1 is 1.15 bits per heavy atom. The summed E-state index contributed by atoms with van der Waals surface area (Å²) < 4.78 is 6.89. The Morgan fingerprint density at radius 2 is 2.03 bits per heavy atom. The maximum atomic E-state index is 12.9. The molecule has 0 saturated carbocycles. The van der Waals surface area contributed by atoms with E-state index in [1.54, 1.807) is 35.4 Å². The quantitative estimate of drug-likeness (QED) is 0.250. The summed E-state index contributed by atoms with van der Waals surface area (Å²) in [6, 6.07) is 17.7. The maximum Gasteiger partial charge on any atom is 0.289 e. The normalized spacial score (nSPS) is 14.5. The van der Waals surface area contributed by atoms with Crippen LogP contribution in [-0.2, 0) is 5.75 Å². The van der Waals surface area contributed by atoms with Gasteiger partial charge in [0.15, 0.2) is 5.76 Å². The molecule has 168 valence electrons. The Labute approximate surface area is 209 Å². The van der Waals surface area contributed by atoms with Gasteiger partial charge < -0.3 is 9.32 Å². The molecular formula is C25H22BrN3O2S2. The van der Waals surface area contributed by atoms with Gasteiger partial charge in [-0.05, 0) is 49.2 Å². The molecule has 4 heterocycles. The fourth-order valence-electron chi connectivity index (χ4n) is 3.89. The van der Waals surface area contributed by atoms with Crippen molar-refractivity contribution < 1.29 is 9.21 Å². The lowest BCUT2D eigenvalue weighted by atomic mass is 9.97. The molecule has 0 N–H and O–H groups in total. The van der Waals surface area contributed by atoms with Crippen LogP contribution in [0.5, 0.6) is 0 Å². The van der Waals surface area contributed by atoms with Crippen molar-refractivity contribution in [2.45, 2.75) is 29.5 Å². The molecule has 0 spiro atoms. The van der Waals surface area contributed by atoms with Crippen molar-refractivity contribution in [2.75, 3.05) is 13.1 Å². The molecule has 5 rings (SSSR count). The minimum atomic E-state index is -0.0310. The van der Waals surface area contributed by atoms with E-state index in [2.05, 4.69) is 38.4 Å². The lowest BCUT2D eigenvalue weighted by Gasteiger charge is -2.30. The second-order valence-corrected chi connectivity index (χ2v) is 10.7. The largest absolute Gasteiger partial charge is 0.455 e. The van der Waals surface area contributed by atoms with E-state index in [0.29, 0.717) is 30.5 Å². The minimum absolute atomic E-state index is 0.0310. The molecule has 1 aromatic carbocycles. The molecule has 0 aliphatic carbocycles.